The number of likely N-dealkylation sites (N-methyl/N-ethyl adjacent to an activating group) is 1. The lowest BCUT2D eigenvalue weighted by atomic mass is 10.0. The number of ether oxygens (including phenoxy) is 2. The Bertz CT molecular complexity index is 1820. The summed E-state index contributed by atoms with van der Waals surface area (Å²) in [6.45, 7) is 3.93. The summed E-state index contributed by atoms with van der Waals surface area (Å²) in [6.07, 6.45) is 84.8. The van der Waals surface area contributed by atoms with Crippen molar-refractivity contribution in [1.82, 2.24) is 0 Å². The first-order valence-corrected chi connectivity index (χ1v) is 32.0. The molecule has 0 spiro atoms. The van der Waals surface area contributed by atoms with E-state index in [-0.39, 0.29) is 26.1 Å². The van der Waals surface area contributed by atoms with Crippen molar-refractivity contribution in [3.8, 4) is 0 Å². The van der Waals surface area contributed by atoms with Gasteiger partial charge in [0.05, 0.1) is 27.7 Å². The number of allylic oxidation sites excluding steroid dienone is 24. The average Bonchev–Trinajstić information content (AvgIpc) is 3.40. The van der Waals surface area contributed by atoms with Gasteiger partial charge in [0.25, 0.3) is 7.82 Å². The van der Waals surface area contributed by atoms with E-state index in [0.29, 0.717) is 30.3 Å². The SMILES string of the molecule is CC/C=C\C/C=C\C/C=C\C/C=C\C/C=C\C/C=C\C/C=C\CCCC(=O)OC(COC(=O)CCCCCCCCCCCCCCCCC/C=C\C/C=C\C/C=C\C/C=C\C/C=C\CC)COP(=O)([O-])OCC[N+](C)(C)C. The van der Waals surface area contributed by atoms with Crippen LogP contribution in [0, 0.1) is 0 Å². The largest absolute Gasteiger partial charge is 0.756 e. The number of nitrogens with zero attached hydrogens (tertiary/aromatic N) is 1. The number of carbonyl (C=O) groups is 2. The van der Waals surface area contributed by atoms with Crippen LogP contribution in [-0.4, -0.2) is 70.0 Å². The molecule has 0 aromatic carbocycles. The number of esters is 2. The van der Waals surface area contributed by atoms with Gasteiger partial charge in [-0.2, -0.15) is 0 Å². The molecule has 0 radical (unpaired) electrons. The van der Waals surface area contributed by atoms with E-state index in [0.717, 1.165) is 96.3 Å². The quantitative estimate of drug-likeness (QED) is 0.0195. The minimum absolute atomic E-state index is 0.0493. The molecule has 2 unspecified atom stereocenters. The van der Waals surface area contributed by atoms with Crippen molar-refractivity contribution in [2.24, 2.45) is 0 Å². The lowest BCUT2D eigenvalue weighted by Crippen LogP contribution is -2.37. The predicted molar refractivity (Wildman–Crippen MR) is 332 cm³/mol. The van der Waals surface area contributed by atoms with Crippen LogP contribution in [0.5, 0.6) is 0 Å². The minimum atomic E-state index is -4.66. The Hall–Kier alpha value is -4.11. The van der Waals surface area contributed by atoms with Crippen LogP contribution in [0.2, 0.25) is 0 Å². The molecule has 0 aromatic heterocycles. The third-order valence-corrected chi connectivity index (χ3v) is 13.3. The lowest BCUT2D eigenvalue weighted by Gasteiger charge is -2.28. The summed E-state index contributed by atoms with van der Waals surface area (Å²) in [5.41, 5.74) is 0. The highest BCUT2D eigenvalue weighted by atomic mass is 31.2. The molecule has 0 saturated carbocycles. The number of phosphoric acid groups is 1. The van der Waals surface area contributed by atoms with Crippen LogP contribution in [0.3, 0.4) is 0 Å². The van der Waals surface area contributed by atoms with Crippen molar-refractivity contribution < 1.29 is 42.1 Å². The summed E-state index contributed by atoms with van der Waals surface area (Å²) >= 11 is 0. The van der Waals surface area contributed by atoms with E-state index in [1.165, 1.54) is 77.0 Å². The van der Waals surface area contributed by atoms with Crippen molar-refractivity contribution in [3.05, 3.63) is 146 Å². The summed E-state index contributed by atoms with van der Waals surface area (Å²) in [5.74, 6) is -0.911. The standard InChI is InChI=1S/C68H112NO8P/c1-6-8-10-12-14-16-18-20-22-24-26-28-30-31-32-33-34-35-36-37-39-40-42-44-46-48-50-52-54-56-58-60-67(70)74-64-66(65-76-78(72,73)75-63-62-69(3,4)5)77-68(71)61-59-57-55-53-51-49-47-45-43-41-38-29-27-25-23-21-19-17-15-13-11-9-7-2/h8-11,14-17,20-23,26-29,31-32,41,43,47,49,53,55,66H,6-7,12-13,18-19,24-25,30,33-40,42,44-46,48,50-52,54,56-65H2,1-5H3/b10-8-,11-9-,16-14-,17-15-,22-20-,23-21-,28-26-,29-27-,32-31-,43-41-,49-47-,55-53-. The van der Waals surface area contributed by atoms with Crippen LogP contribution in [0.4, 0.5) is 0 Å². The van der Waals surface area contributed by atoms with E-state index in [1.807, 2.05) is 27.2 Å². The first-order chi connectivity index (χ1) is 38.0. The van der Waals surface area contributed by atoms with E-state index in [4.69, 9.17) is 18.5 Å². The van der Waals surface area contributed by atoms with Gasteiger partial charge < -0.3 is 27.9 Å². The predicted octanol–water partition coefficient (Wildman–Crippen LogP) is 18.8. The van der Waals surface area contributed by atoms with Crippen molar-refractivity contribution in [3.63, 3.8) is 0 Å². The zero-order chi connectivity index (χ0) is 57.0. The Morgan fingerprint density at radius 2 is 0.705 bits per heavy atom. The molecule has 0 fully saturated rings. The number of hydrogen-bond acceptors (Lipinski definition) is 8. The fourth-order valence-electron chi connectivity index (χ4n) is 7.73. The van der Waals surface area contributed by atoms with Crippen LogP contribution >= 0.6 is 7.82 Å². The molecule has 2 atom stereocenters. The second kappa shape index (κ2) is 57.6. The van der Waals surface area contributed by atoms with Gasteiger partial charge in [0.2, 0.25) is 0 Å². The normalized spacial score (nSPS) is 14.3. The maximum atomic E-state index is 12.8. The van der Waals surface area contributed by atoms with Crippen molar-refractivity contribution >= 4 is 19.8 Å². The molecule has 9 nitrogen and oxygen atoms in total. The Labute approximate surface area is 478 Å². The molecule has 0 amide bonds. The third kappa shape index (κ3) is 61.1. The zero-order valence-corrected chi connectivity index (χ0v) is 50.9. The average molecular weight is 1100 g/mol. The molecule has 0 aliphatic carbocycles. The van der Waals surface area contributed by atoms with Gasteiger partial charge in [-0.05, 0) is 109 Å². The van der Waals surface area contributed by atoms with Crippen molar-refractivity contribution in [2.75, 3.05) is 47.5 Å². The van der Waals surface area contributed by atoms with Gasteiger partial charge in [-0.15, -0.1) is 0 Å². The van der Waals surface area contributed by atoms with E-state index >= 15 is 0 Å². The fraction of sp³-hybridized carbons (Fsp3) is 0.618. The maximum absolute atomic E-state index is 12.8. The first-order valence-electron chi connectivity index (χ1n) is 30.5. The molecular formula is C68H112NO8P. The second-order valence-electron chi connectivity index (χ2n) is 20.9. The molecule has 442 valence electrons. The van der Waals surface area contributed by atoms with Gasteiger partial charge in [-0.1, -0.05) is 243 Å². The van der Waals surface area contributed by atoms with Gasteiger partial charge in [0.15, 0.2) is 6.10 Å². The summed E-state index contributed by atoms with van der Waals surface area (Å²) in [7, 11) is 1.11. The van der Waals surface area contributed by atoms with Crippen LogP contribution in [-0.2, 0) is 32.7 Å². The molecule has 0 saturated heterocycles. The van der Waals surface area contributed by atoms with Gasteiger partial charge in [-0.3, -0.25) is 14.2 Å². The number of phosphoric ester groups is 1. The Morgan fingerprint density at radius 3 is 1.06 bits per heavy atom. The summed E-state index contributed by atoms with van der Waals surface area (Å²) in [5, 5.41) is 0. The smallest absolute Gasteiger partial charge is 0.306 e. The van der Waals surface area contributed by atoms with Gasteiger partial charge in [0.1, 0.15) is 19.8 Å². The van der Waals surface area contributed by atoms with Crippen molar-refractivity contribution in [2.45, 2.75) is 225 Å². The van der Waals surface area contributed by atoms with Crippen LogP contribution in [0.1, 0.15) is 219 Å². The third-order valence-electron chi connectivity index (χ3n) is 12.4. The van der Waals surface area contributed by atoms with Crippen LogP contribution in [0.25, 0.3) is 0 Å². The number of rotatable bonds is 54. The molecule has 0 heterocycles. The number of unbranched alkanes of at least 4 members (excludes halogenated alkanes) is 16. The van der Waals surface area contributed by atoms with Gasteiger partial charge in [-0.25, -0.2) is 0 Å². The van der Waals surface area contributed by atoms with Crippen molar-refractivity contribution in [1.29, 1.82) is 0 Å². The highest BCUT2D eigenvalue weighted by Crippen LogP contribution is 2.38. The summed E-state index contributed by atoms with van der Waals surface area (Å²) in [4.78, 5) is 37.9. The Morgan fingerprint density at radius 1 is 0.397 bits per heavy atom. The maximum Gasteiger partial charge on any atom is 0.306 e. The van der Waals surface area contributed by atoms with Gasteiger partial charge in [0, 0.05) is 12.8 Å². The zero-order valence-electron chi connectivity index (χ0n) is 50.1. The molecule has 78 heavy (non-hydrogen) atoms. The molecule has 0 N–H and O–H groups in total. The fourth-order valence-corrected chi connectivity index (χ4v) is 8.46. The first kappa shape index (κ1) is 73.9. The summed E-state index contributed by atoms with van der Waals surface area (Å²) < 4.78 is 34.1. The molecule has 0 bridgehead atoms. The monoisotopic (exact) mass is 1100 g/mol. The van der Waals surface area contributed by atoms with Crippen LogP contribution in [0.15, 0.2) is 146 Å². The van der Waals surface area contributed by atoms with Gasteiger partial charge >= 0.3 is 11.9 Å². The van der Waals surface area contributed by atoms with Crippen LogP contribution < -0.4 is 4.89 Å². The number of quaternary nitrogens is 1. The number of carbonyl (C=O) groups excluding carboxylic acids is 2. The minimum Gasteiger partial charge on any atom is -0.756 e. The van der Waals surface area contributed by atoms with E-state index in [9.17, 15) is 19.0 Å². The Kier molecular flexibility index (Phi) is 54.5. The van der Waals surface area contributed by atoms with E-state index < -0.39 is 32.5 Å². The molecule has 0 rings (SSSR count). The molecule has 10 heteroatoms. The second-order valence-corrected chi connectivity index (χ2v) is 22.4. The topological polar surface area (TPSA) is 111 Å². The molecule has 0 aliphatic heterocycles. The molecular weight excluding hydrogens is 990 g/mol. The highest BCUT2D eigenvalue weighted by Gasteiger charge is 2.21. The highest BCUT2D eigenvalue weighted by molar-refractivity contribution is 7.45. The number of hydrogen-bond donors (Lipinski definition) is 0. The Balaban J connectivity index is 4.21. The van der Waals surface area contributed by atoms with E-state index in [1.54, 1.807) is 0 Å². The van der Waals surface area contributed by atoms with E-state index in [2.05, 4.69) is 154 Å². The molecule has 0 aliphatic rings. The summed E-state index contributed by atoms with van der Waals surface area (Å²) in [6, 6.07) is 0. The molecule has 0 aromatic rings. The lowest BCUT2D eigenvalue weighted by molar-refractivity contribution is -0.870.